The fourth-order valence-corrected chi connectivity index (χ4v) is 2.69. The van der Waals surface area contributed by atoms with E-state index < -0.39 is 0 Å². The summed E-state index contributed by atoms with van der Waals surface area (Å²) >= 11 is 0. The van der Waals surface area contributed by atoms with Crippen molar-refractivity contribution in [3.63, 3.8) is 0 Å². The Bertz CT molecular complexity index is 1110. The maximum absolute atomic E-state index is 13.1. The molecule has 0 atom stereocenters. The third-order valence-electron chi connectivity index (χ3n) is 3.87. The summed E-state index contributed by atoms with van der Waals surface area (Å²) in [5.41, 5.74) is 1.32. The second-order valence-corrected chi connectivity index (χ2v) is 5.89. The predicted octanol–water partition coefficient (Wildman–Crippen LogP) is 3.00. The van der Waals surface area contributed by atoms with Gasteiger partial charge in [-0.3, -0.25) is 9.89 Å². The molecule has 0 saturated heterocycles. The molecule has 0 saturated carbocycles. The van der Waals surface area contributed by atoms with Crippen LogP contribution in [0.3, 0.4) is 0 Å². The number of fused-ring (bicyclic) bond motifs is 1. The van der Waals surface area contributed by atoms with Crippen molar-refractivity contribution in [1.82, 2.24) is 24.6 Å². The van der Waals surface area contributed by atoms with Gasteiger partial charge in [-0.1, -0.05) is 13.8 Å². The first kappa shape index (κ1) is 15.3. The van der Waals surface area contributed by atoms with E-state index in [-0.39, 0.29) is 23.1 Å². The summed E-state index contributed by atoms with van der Waals surface area (Å²) in [6.07, 6.45) is 2.91. The standard InChI is InChI=1S/C17H14FN5O2/c1-9(2)13-14(22-17-20-8-21-23(17)16(13)24)12-7-19-15(25-12)10-3-5-11(18)6-4-10/h3-9H,1-2H3,(H,20,21,22). The lowest BCUT2D eigenvalue weighted by molar-refractivity contribution is 0.583. The van der Waals surface area contributed by atoms with Gasteiger partial charge in [0.25, 0.3) is 11.3 Å². The quantitative estimate of drug-likeness (QED) is 0.620. The highest BCUT2D eigenvalue weighted by atomic mass is 19.1. The van der Waals surface area contributed by atoms with Crippen LogP contribution in [0.2, 0.25) is 0 Å². The van der Waals surface area contributed by atoms with E-state index in [1.165, 1.54) is 29.2 Å². The van der Waals surface area contributed by atoms with Crippen molar-refractivity contribution in [3.8, 4) is 22.9 Å². The summed E-state index contributed by atoms with van der Waals surface area (Å²) in [7, 11) is 0. The van der Waals surface area contributed by atoms with Gasteiger partial charge in [0.05, 0.1) is 11.8 Å². The lowest BCUT2D eigenvalue weighted by Gasteiger charge is -2.08. The molecule has 25 heavy (non-hydrogen) atoms. The van der Waals surface area contributed by atoms with Crippen LogP contribution in [0.1, 0.15) is 25.3 Å². The second kappa shape index (κ2) is 5.66. The lowest BCUT2D eigenvalue weighted by Crippen LogP contribution is -2.22. The number of aromatic amines is 1. The van der Waals surface area contributed by atoms with Gasteiger partial charge in [0, 0.05) is 5.56 Å². The van der Waals surface area contributed by atoms with Gasteiger partial charge < -0.3 is 4.42 Å². The minimum absolute atomic E-state index is 0.0745. The van der Waals surface area contributed by atoms with E-state index in [2.05, 4.69) is 20.1 Å². The van der Waals surface area contributed by atoms with Crippen molar-refractivity contribution in [2.24, 2.45) is 0 Å². The van der Waals surface area contributed by atoms with Crippen LogP contribution in [0, 0.1) is 5.82 Å². The van der Waals surface area contributed by atoms with E-state index >= 15 is 0 Å². The highest BCUT2D eigenvalue weighted by Crippen LogP contribution is 2.29. The second-order valence-electron chi connectivity index (χ2n) is 5.89. The van der Waals surface area contributed by atoms with Crippen molar-refractivity contribution in [2.45, 2.75) is 19.8 Å². The smallest absolute Gasteiger partial charge is 0.278 e. The number of oxazole rings is 1. The molecule has 3 aromatic heterocycles. The normalized spacial score (nSPS) is 11.5. The number of nitrogens with zero attached hydrogens (tertiary/aromatic N) is 4. The summed E-state index contributed by atoms with van der Waals surface area (Å²) in [5.74, 6) is 0.536. The number of hydrogen-bond donors (Lipinski definition) is 1. The van der Waals surface area contributed by atoms with Crippen molar-refractivity contribution >= 4 is 5.78 Å². The molecule has 1 N–H and O–H groups in total. The maximum atomic E-state index is 13.1. The molecule has 3 heterocycles. The number of benzene rings is 1. The van der Waals surface area contributed by atoms with Crippen LogP contribution >= 0.6 is 0 Å². The summed E-state index contributed by atoms with van der Waals surface area (Å²) in [6, 6.07) is 5.82. The number of hydrogen-bond acceptors (Lipinski definition) is 5. The molecule has 4 rings (SSSR count). The molecule has 0 spiro atoms. The van der Waals surface area contributed by atoms with Crippen LogP contribution < -0.4 is 5.56 Å². The zero-order chi connectivity index (χ0) is 17.6. The number of aromatic nitrogens is 5. The molecule has 1 aromatic carbocycles. The van der Waals surface area contributed by atoms with Gasteiger partial charge in [0.2, 0.25) is 5.89 Å². The molecule has 0 fully saturated rings. The van der Waals surface area contributed by atoms with Crippen LogP contribution in [0.25, 0.3) is 28.7 Å². The third-order valence-corrected chi connectivity index (χ3v) is 3.87. The van der Waals surface area contributed by atoms with Crippen molar-refractivity contribution in [2.75, 3.05) is 0 Å². The van der Waals surface area contributed by atoms with Gasteiger partial charge in [-0.25, -0.2) is 19.3 Å². The summed E-state index contributed by atoms with van der Waals surface area (Å²) < 4.78 is 20.1. The first-order valence-corrected chi connectivity index (χ1v) is 7.73. The monoisotopic (exact) mass is 339 g/mol. The average Bonchev–Trinajstić information content (AvgIpc) is 3.24. The fraction of sp³-hybridized carbons (Fsp3) is 0.176. The van der Waals surface area contributed by atoms with Crippen LogP contribution in [0.4, 0.5) is 4.39 Å². The topological polar surface area (TPSA) is 89.1 Å². The molecule has 0 aliphatic carbocycles. The Labute approximate surface area is 141 Å². The molecule has 0 aliphatic rings. The average molecular weight is 339 g/mol. The molecular weight excluding hydrogens is 325 g/mol. The molecule has 0 bridgehead atoms. The zero-order valence-corrected chi connectivity index (χ0v) is 13.5. The van der Waals surface area contributed by atoms with E-state index in [1.807, 2.05) is 13.8 Å². The Balaban J connectivity index is 1.89. The molecule has 0 amide bonds. The molecule has 8 heteroatoms. The number of rotatable bonds is 3. The molecule has 4 aromatic rings. The predicted molar refractivity (Wildman–Crippen MR) is 88.6 cm³/mol. The first-order valence-electron chi connectivity index (χ1n) is 7.73. The van der Waals surface area contributed by atoms with Gasteiger partial charge in [0.15, 0.2) is 5.76 Å². The van der Waals surface area contributed by atoms with Crippen molar-refractivity contribution < 1.29 is 8.81 Å². The number of halogens is 1. The summed E-state index contributed by atoms with van der Waals surface area (Å²) in [4.78, 5) is 25.4. The maximum Gasteiger partial charge on any atom is 0.278 e. The molecule has 0 radical (unpaired) electrons. The van der Waals surface area contributed by atoms with Gasteiger partial charge in [-0.05, 0) is 30.2 Å². The highest BCUT2D eigenvalue weighted by Gasteiger charge is 2.21. The molecular formula is C17H14FN5O2. The van der Waals surface area contributed by atoms with Crippen LogP contribution in [-0.4, -0.2) is 24.6 Å². The van der Waals surface area contributed by atoms with E-state index in [9.17, 15) is 9.18 Å². The Kier molecular flexibility index (Phi) is 3.45. The Hall–Kier alpha value is -3.29. The van der Waals surface area contributed by atoms with E-state index in [0.29, 0.717) is 28.5 Å². The van der Waals surface area contributed by atoms with E-state index in [4.69, 9.17) is 4.42 Å². The lowest BCUT2D eigenvalue weighted by atomic mass is 10.0. The van der Waals surface area contributed by atoms with E-state index in [0.717, 1.165) is 0 Å². The van der Waals surface area contributed by atoms with Crippen molar-refractivity contribution in [1.29, 1.82) is 0 Å². The van der Waals surface area contributed by atoms with Gasteiger partial charge in [0.1, 0.15) is 17.8 Å². The number of H-pyrrole nitrogens is 1. The minimum Gasteiger partial charge on any atom is -0.434 e. The largest absolute Gasteiger partial charge is 0.434 e. The Morgan fingerprint density at radius 1 is 1.20 bits per heavy atom. The summed E-state index contributed by atoms with van der Waals surface area (Å²) in [5, 5.41) is 2.75. The highest BCUT2D eigenvalue weighted by molar-refractivity contribution is 5.62. The van der Waals surface area contributed by atoms with Crippen LogP contribution in [0.15, 0.2) is 46.0 Å². The van der Waals surface area contributed by atoms with Gasteiger partial charge >= 0.3 is 0 Å². The number of nitrogens with one attached hydrogen (secondary N) is 1. The SMILES string of the molecule is CC(C)c1c(-c2cnc(-c3ccc(F)cc3)o2)nc2nc[nH]n2c1=O. The Morgan fingerprint density at radius 2 is 1.96 bits per heavy atom. The van der Waals surface area contributed by atoms with Gasteiger partial charge in [-0.15, -0.1) is 0 Å². The van der Waals surface area contributed by atoms with E-state index in [1.54, 1.807) is 12.1 Å². The van der Waals surface area contributed by atoms with Crippen LogP contribution in [0.5, 0.6) is 0 Å². The molecule has 0 aliphatic heterocycles. The first-order chi connectivity index (χ1) is 12.0. The van der Waals surface area contributed by atoms with Gasteiger partial charge in [-0.2, -0.15) is 4.52 Å². The third kappa shape index (κ3) is 2.51. The van der Waals surface area contributed by atoms with Crippen LogP contribution in [-0.2, 0) is 0 Å². The molecule has 7 nitrogen and oxygen atoms in total. The Morgan fingerprint density at radius 3 is 2.68 bits per heavy atom. The molecule has 126 valence electrons. The molecule has 0 unspecified atom stereocenters. The summed E-state index contributed by atoms with van der Waals surface area (Å²) in [6.45, 7) is 3.81. The minimum atomic E-state index is -0.337. The zero-order valence-electron chi connectivity index (χ0n) is 13.5. The van der Waals surface area contributed by atoms with Crippen molar-refractivity contribution in [3.05, 3.63) is 58.5 Å². The fourth-order valence-electron chi connectivity index (χ4n) is 2.69.